The Morgan fingerprint density at radius 3 is 2.35 bits per heavy atom. The van der Waals surface area contributed by atoms with Crippen LogP contribution in [0.3, 0.4) is 0 Å². The second-order valence-corrected chi connectivity index (χ2v) is 5.68. The smallest absolute Gasteiger partial charge is 0.303 e. The SMILES string of the molecule is COc1c(O)cc(O)c2c1OC(c1ccc(O)cc1)C(OC(C)=O)C2=O. The van der Waals surface area contributed by atoms with Crippen molar-refractivity contribution in [2.45, 2.75) is 19.1 Å². The lowest BCUT2D eigenvalue weighted by Crippen LogP contribution is -2.39. The van der Waals surface area contributed by atoms with E-state index in [-0.39, 0.29) is 22.8 Å². The molecule has 0 fully saturated rings. The number of hydrogen-bond acceptors (Lipinski definition) is 8. The number of methoxy groups -OCH3 is 1. The largest absolute Gasteiger partial charge is 0.508 e. The average molecular weight is 360 g/mol. The minimum absolute atomic E-state index is 0.00759. The van der Waals surface area contributed by atoms with Crippen molar-refractivity contribution in [1.82, 2.24) is 0 Å². The van der Waals surface area contributed by atoms with Gasteiger partial charge in [0.15, 0.2) is 17.6 Å². The lowest BCUT2D eigenvalue weighted by atomic mass is 9.92. The van der Waals surface area contributed by atoms with Gasteiger partial charge in [-0.2, -0.15) is 0 Å². The van der Waals surface area contributed by atoms with Gasteiger partial charge in [-0.05, 0) is 17.7 Å². The predicted octanol–water partition coefficient (Wildman–Crippen LogP) is 2.06. The number of hydrogen-bond donors (Lipinski definition) is 3. The molecule has 2 aromatic rings. The van der Waals surface area contributed by atoms with Crippen molar-refractivity contribution in [3.8, 4) is 28.7 Å². The number of carbonyl (C=O) groups excluding carboxylic acids is 2. The topological polar surface area (TPSA) is 123 Å². The van der Waals surface area contributed by atoms with Crippen LogP contribution in [0.2, 0.25) is 0 Å². The Morgan fingerprint density at radius 1 is 1.12 bits per heavy atom. The fourth-order valence-electron chi connectivity index (χ4n) is 2.83. The average Bonchev–Trinajstić information content (AvgIpc) is 2.57. The van der Waals surface area contributed by atoms with Crippen LogP contribution in [0.15, 0.2) is 30.3 Å². The summed E-state index contributed by atoms with van der Waals surface area (Å²) in [5.41, 5.74) is 0.193. The van der Waals surface area contributed by atoms with Crippen LogP contribution in [0.25, 0.3) is 0 Å². The van der Waals surface area contributed by atoms with E-state index in [1.807, 2.05) is 0 Å². The molecule has 0 saturated heterocycles. The van der Waals surface area contributed by atoms with Gasteiger partial charge < -0.3 is 29.5 Å². The maximum atomic E-state index is 12.9. The molecule has 136 valence electrons. The molecule has 0 aliphatic carbocycles. The van der Waals surface area contributed by atoms with Crippen LogP contribution >= 0.6 is 0 Å². The molecule has 1 heterocycles. The maximum Gasteiger partial charge on any atom is 0.303 e. The first kappa shape index (κ1) is 17.4. The van der Waals surface area contributed by atoms with Gasteiger partial charge in [-0.25, -0.2) is 0 Å². The second kappa shape index (κ2) is 6.47. The third-order valence-electron chi connectivity index (χ3n) is 3.94. The predicted molar refractivity (Wildman–Crippen MR) is 87.7 cm³/mol. The van der Waals surface area contributed by atoms with Crippen LogP contribution in [0.5, 0.6) is 28.7 Å². The number of aromatic hydroxyl groups is 3. The number of fused-ring (bicyclic) bond motifs is 1. The van der Waals surface area contributed by atoms with Crippen LogP contribution in [0.1, 0.15) is 28.9 Å². The third kappa shape index (κ3) is 2.85. The molecule has 2 aromatic carbocycles. The van der Waals surface area contributed by atoms with Crippen molar-refractivity contribution in [3.63, 3.8) is 0 Å². The lowest BCUT2D eigenvalue weighted by molar-refractivity contribution is -0.148. The van der Waals surface area contributed by atoms with Gasteiger partial charge >= 0.3 is 5.97 Å². The van der Waals surface area contributed by atoms with Gasteiger partial charge in [-0.3, -0.25) is 9.59 Å². The van der Waals surface area contributed by atoms with Crippen molar-refractivity contribution < 1.29 is 39.1 Å². The second-order valence-electron chi connectivity index (χ2n) is 5.68. The summed E-state index contributed by atoms with van der Waals surface area (Å²) in [6.45, 7) is 1.15. The number of phenols is 3. The Balaban J connectivity index is 2.18. The zero-order valence-electron chi connectivity index (χ0n) is 13.9. The number of benzene rings is 2. The fourth-order valence-corrected chi connectivity index (χ4v) is 2.83. The number of Topliss-reactive ketones (excluding diaryl/α,β-unsaturated/α-hetero) is 1. The van der Waals surface area contributed by atoms with E-state index in [1.165, 1.54) is 31.4 Å². The molecule has 0 bridgehead atoms. The zero-order valence-corrected chi connectivity index (χ0v) is 13.9. The summed E-state index contributed by atoms with van der Waals surface area (Å²) in [5, 5.41) is 29.5. The fraction of sp³-hybridized carbons (Fsp3) is 0.222. The highest BCUT2D eigenvalue weighted by Crippen LogP contribution is 2.50. The molecule has 3 rings (SSSR count). The highest BCUT2D eigenvalue weighted by Gasteiger charge is 2.44. The molecule has 8 heteroatoms. The number of phenolic OH excluding ortho intramolecular Hbond substituents is 3. The molecule has 1 aliphatic heterocycles. The Bertz CT molecular complexity index is 872. The zero-order chi connectivity index (χ0) is 19.0. The Labute approximate surface area is 148 Å². The number of esters is 1. The van der Waals surface area contributed by atoms with Crippen molar-refractivity contribution in [1.29, 1.82) is 0 Å². The number of ether oxygens (including phenoxy) is 3. The van der Waals surface area contributed by atoms with E-state index >= 15 is 0 Å². The van der Waals surface area contributed by atoms with Crippen molar-refractivity contribution >= 4 is 11.8 Å². The van der Waals surface area contributed by atoms with Crippen LogP contribution in [-0.2, 0) is 9.53 Å². The molecular formula is C18H16O8. The van der Waals surface area contributed by atoms with Gasteiger partial charge in [-0.1, -0.05) is 12.1 Å². The summed E-state index contributed by atoms with van der Waals surface area (Å²) >= 11 is 0. The molecule has 0 spiro atoms. The minimum Gasteiger partial charge on any atom is -0.508 e. The summed E-state index contributed by atoms with van der Waals surface area (Å²) < 4.78 is 16.0. The highest BCUT2D eigenvalue weighted by molar-refractivity contribution is 6.07. The third-order valence-corrected chi connectivity index (χ3v) is 3.94. The summed E-state index contributed by atoms with van der Waals surface area (Å²) in [4.78, 5) is 24.4. The quantitative estimate of drug-likeness (QED) is 0.711. The first-order valence-electron chi connectivity index (χ1n) is 7.63. The van der Waals surface area contributed by atoms with Gasteiger partial charge in [0.2, 0.25) is 17.6 Å². The Morgan fingerprint density at radius 2 is 1.77 bits per heavy atom. The van der Waals surface area contributed by atoms with E-state index in [1.54, 1.807) is 0 Å². The molecule has 8 nitrogen and oxygen atoms in total. The van der Waals surface area contributed by atoms with Gasteiger partial charge in [0.05, 0.1) is 7.11 Å². The molecule has 3 N–H and O–H groups in total. The first-order valence-corrected chi connectivity index (χ1v) is 7.63. The Hall–Kier alpha value is -3.42. The van der Waals surface area contributed by atoms with E-state index in [0.29, 0.717) is 5.56 Å². The maximum absolute atomic E-state index is 12.9. The van der Waals surface area contributed by atoms with Crippen LogP contribution in [0, 0.1) is 0 Å². The van der Waals surface area contributed by atoms with Crippen molar-refractivity contribution in [2.24, 2.45) is 0 Å². The molecule has 0 amide bonds. The number of carbonyl (C=O) groups is 2. The van der Waals surface area contributed by atoms with Gasteiger partial charge in [0, 0.05) is 13.0 Å². The molecular weight excluding hydrogens is 344 g/mol. The summed E-state index contributed by atoms with van der Waals surface area (Å²) in [6.07, 6.45) is -2.42. The van der Waals surface area contributed by atoms with Crippen molar-refractivity contribution in [3.05, 3.63) is 41.5 Å². The molecule has 2 unspecified atom stereocenters. The summed E-state index contributed by atoms with van der Waals surface area (Å²) in [6, 6.07) is 6.74. The molecule has 0 aromatic heterocycles. The van der Waals surface area contributed by atoms with Crippen LogP contribution in [-0.4, -0.2) is 40.3 Å². The van der Waals surface area contributed by atoms with Crippen LogP contribution < -0.4 is 9.47 Å². The van der Waals surface area contributed by atoms with Gasteiger partial charge in [-0.15, -0.1) is 0 Å². The van der Waals surface area contributed by atoms with E-state index in [9.17, 15) is 24.9 Å². The number of ketones is 1. The van der Waals surface area contributed by atoms with Crippen molar-refractivity contribution in [2.75, 3.05) is 7.11 Å². The Kier molecular flexibility index (Phi) is 4.33. The van der Waals surface area contributed by atoms with Gasteiger partial charge in [0.25, 0.3) is 0 Å². The highest BCUT2D eigenvalue weighted by atomic mass is 16.6. The number of rotatable bonds is 3. The van der Waals surface area contributed by atoms with Gasteiger partial charge in [0.1, 0.15) is 17.1 Å². The monoisotopic (exact) mass is 360 g/mol. The normalized spacial score (nSPS) is 18.6. The molecule has 1 aliphatic rings. The minimum atomic E-state index is -1.36. The van der Waals surface area contributed by atoms with Crippen LogP contribution in [0.4, 0.5) is 0 Å². The molecule has 2 atom stereocenters. The van der Waals surface area contributed by atoms with E-state index in [4.69, 9.17) is 14.2 Å². The molecule has 26 heavy (non-hydrogen) atoms. The lowest BCUT2D eigenvalue weighted by Gasteiger charge is -2.33. The van der Waals surface area contributed by atoms with E-state index in [0.717, 1.165) is 13.0 Å². The van der Waals surface area contributed by atoms with E-state index < -0.39 is 35.5 Å². The summed E-state index contributed by atoms with van der Waals surface area (Å²) in [7, 11) is 1.27. The summed E-state index contributed by atoms with van der Waals surface area (Å²) in [5.74, 6) is -2.61. The molecule has 0 radical (unpaired) electrons. The molecule has 0 saturated carbocycles. The van der Waals surface area contributed by atoms with E-state index in [2.05, 4.69) is 0 Å². The first-order chi connectivity index (χ1) is 12.3. The standard InChI is InChI=1S/C18H16O8/c1-8(19)25-18-14(23)13-11(21)7-12(22)16(24-2)17(13)26-15(18)9-3-5-10(20)6-4-9/h3-7,15,18,20-22H,1-2H3.